The molecule has 3 amide bonds. The van der Waals surface area contributed by atoms with Gasteiger partial charge in [0.25, 0.3) is 5.91 Å². The van der Waals surface area contributed by atoms with Crippen molar-refractivity contribution in [2.45, 2.75) is 46.5 Å². The lowest BCUT2D eigenvalue weighted by atomic mass is 9.96. The third kappa shape index (κ3) is 5.01. The fourth-order valence-electron chi connectivity index (χ4n) is 4.12. The number of carbonyl (C=O) groups is 3. The van der Waals surface area contributed by atoms with Crippen molar-refractivity contribution in [2.24, 2.45) is 5.92 Å². The molecule has 0 aliphatic carbocycles. The fourth-order valence-corrected chi connectivity index (χ4v) is 4.12. The van der Waals surface area contributed by atoms with Crippen molar-refractivity contribution in [1.29, 1.82) is 0 Å². The van der Waals surface area contributed by atoms with E-state index in [0.717, 1.165) is 17.7 Å². The molecule has 1 saturated heterocycles. The zero-order valence-corrected chi connectivity index (χ0v) is 19.4. The SMILES string of the molecule is CCC(C)c1ccccc1N1CC(C(=O)Nc2ccc(C(=O)N(CC)CC)cc2)CC1=O. The average Bonchev–Trinajstić information content (AvgIpc) is 3.21. The minimum absolute atomic E-state index is 0.0233. The molecule has 1 fully saturated rings. The number of nitrogens with one attached hydrogen (secondary N) is 1. The minimum atomic E-state index is -0.413. The van der Waals surface area contributed by atoms with Gasteiger partial charge in [-0.25, -0.2) is 0 Å². The Bertz CT molecular complexity index is 967. The molecule has 0 radical (unpaired) electrons. The van der Waals surface area contributed by atoms with Gasteiger partial charge in [-0.3, -0.25) is 14.4 Å². The fraction of sp³-hybridized carbons (Fsp3) is 0.423. The molecule has 0 bridgehead atoms. The van der Waals surface area contributed by atoms with E-state index in [-0.39, 0.29) is 24.1 Å². The van der Waals surface area contributed by atoms with E-state index in [1.54, 1.807) is 34.1 Å². The van der Waals surface area contributed by atoms with Gasteiger partial charge in [-0.1, -0.05) is 32.0 Å². The minimum Gasteiger partial charge on any atom is -0.339 e. The summed E-state index contributed by atoms with van der Waals surface area (Å²) in [6, 6.07) is 14.9. The van der Waals surface area contributed by atoms with Crippen molar-refractivity contribution < 1.29 is 14.4 Å². The van der Waals surface area contributed by atoms with Crippen LogP contribution in [0.5, 0.6) is 0 Å². The van der Waals surface area contributed by atoms with Crippen LogP contribution in [0.4, 0.5) is 11.4 Å². The molecule has 0 aromatic heterocycles. The van der Waals surface area contributed by atoms with Crippen LogP contribution in [0, 0.1) is 5.92 Å². The highest BCUT2D eigenvalue weighted by atomic mass is 16.2. The third-order valence-electron chi connectivity index (χ3n) is 6.32. The van der Waals surface area contributed by atoms with Crippen molar-refractivity contribution in [1.82, 2.24) is 4.90 Å². The Morgan fingerprint density at radius 1 is 1.06 bits per heavy atom. The Balaban J connectivity index is 1.68. The Morgan fingerprint density at radius 3 is 2.34 bits per heavy atom. The van der Waals surface area contributed by atoms with Crippen LogP contribution in [0.25, 0.3) is 0 Å². The predicted molar refractivity (Wildman–Crippen MR) is 128 cm³/mol. The lowest BCUT2D eigenvalue weighted by Crippen LogP contribution is -2.30. The second-order valence-electron chi connectivity index (χ2n) is 8.32. The number of carbonyl (C=O) groups excluding carboxylic acids is 3. The normalized spacial score (nSPS) is 16.7. The summed E-state index contributed by atoms with van der Waals surface area (Å²) in [7, 11) is 0. The second kappa shape index (κ2) is 10.4. The number of hydrogen-bond donors (Lipinski definition) is 1. The van der Waals surface area contributed by atoms with Crippen LogP contribution in [0.2, 0.25) is 0 Å². The number of hydrogen-bond acceptors (Lipinski definition) is 3. The van der Waals surface area contributed by atoms with Gasteiger partial charge in [0.05, 0.1) is 5.92 Å². The molecule has 0 spiro atoms. The van der Waals surface area contributed by atoms with Crippen molar-refractivity contribution in [3.63, 3.8) is 0 Å². The zero-order chi connectivity index (χ0) is 23.3. The molecule has 0 saturated carbocycles. The molecule has 32 heavy (non-hydrogen) atoms. The molecular weight excluding hydrogens is 402 g/mol. The third-order valence-corrected chi connectivity index (χ3v) is 6.32. The highest BCUT2D eigenvalue weighted by molar-refractivity contribution is 6.04. The summed E-state index contributed by atoms with van der Waals surface area (Å²) >= 11 is 0. The number of nitrogens with zero attached hydrogens (tertiary/aromatic N) is 2. The van der Waals surface area contributed by atoms with Gasteiger partial charge >= 0.3 is 0 Å². The first-order valence-corrected chi connectivity index (χ1v) is 11.5. The van der Waals surface area contributed by atoms with Gasteiger partial charge in [0.1, 0.15) is 0 Å². The zero-order valence-electron chi connectivity index (χ0n) is 19.4. The van der Waals surface area contributed by atoms with Crippen LogP contribution in [0.15, 0.2) is 48.5 Å². The molecule has 2 atom stereocenters. The van der Waals surface area contributed by atoms with Gasteiger partial charge < -0.3 is 15.1 Å². The van der Waals surface area contributed by atoms with E-state index in [1.165, 1.54) is 0 Å². The van der Waals surface area contributed by atoms with Gasteiger partial charge in [-0.2, -0.15) is 0 Å². The number of rotatable bonds is 8. The Hall–Kier alpha value is -3.15. The molecule has 1 aliphatic heterocycles. The standard InChI is InChI=1S/C26H33N3O3/c1-5-18(4)22-10-8-9-11-23(22)29-17-20(16-24(29)30)25(31)27-21-14-12-19(13-15-21)26(32)28(6-2)7-3/h8-15,18,20H,5-7,16-17H2,1-4H3,(H,27,31). The van der Waals surface area contributed by atoms with Crippen LogP contribution in [-0.4, -0.2) is 42.3 Å². The summed E-state index contributed by atoms with van der Waals surface area (Å²) in [5.74, 6) is -0.301. The van der Waals surface area contributed by atoms with E-state index in [2.05, 4.69) is 25.2 Å². The van der Waals surface area contributed by atoms with Crippen molar-refractivity contribution in [2.75, 3.05) is 29.9 Å². The largest absolute Gasteiger partial charge is 0.339 e. The van der Waals surface area contributed by atoms with E-state index >= 15 is 0 Å². The molecule has 3 rings (SSSR count). The summed E-state index contributed by atoms with van der Waals surface area (Å²) < 4.78 is 0. The topological polar surface area (TPSA) is 69.7 Å². The molecule has 6 heteroatoms. The number of para-hydroxylation sites is 1. The first-order valence-electron chi connectivity index (χ1n) is 11.5. The molecular formula is C26H33N3O3. The number of benzene rings is 2. The van der Waals surface area contributed by atoms with Crippen LogP contribution in [0.1, 0.15) is 62.4 Å². The van der Waals surface area contributed by atoms with Crippen LogP contribution in [-0.2, 0) is 9.59 Å². The number of anilines is 2. The van der Waals surface area contributed by atoms with Crippen molar-refractivity contribution >= 4 is 29.1 Å². The summed E-state index contributed by atoms with van der Waals surface area (Å²) in [6.07, 6.45) is 1.18. The summed E-state index contributed by atoms with van der Waals surface area (Å²) in [4.78, 5) is 41.6. The van der Waals surface area contributed by atoms with E-state index in [0.29, 0.717) is 36.8 Å². The highest BCUT2D eigenvalue weighted by Crippen LogP contribution is 2.33. The van der Waals surface area contributed by atoms with Crippen molar-refractivity contribution in [3.05, 3.63) is 59.7 Å². The monoisotopic (exact) mass is 435 g/mol. The van der Waals surface area contributed by atoms with E-state index in [1.807, 2.05) is 32.0 Å². The first kappa shape index (κ1) is 23.5. The van der Waals surface area contributed by atoms with Gasteiger partial charge in [0.2, 0.25) is 11.8 Å². The van der Waals surface area contributed by atoms with Gasteiger partial charge in [-0.05, 0) is 62.1 Å². The van der Waals surface area contributed by atoms with Crippen LogP contribution < -0.4 is 10.2 Å². The Labute approximate surface area is 190 Å². The lowest BCUT2D eigenvalue weighted by Gasteiger charge is -2.23. The summed E-state index contributed by atoms with van der Waals surface area (Å²) in [6.45, 7) is 9.85. The lowest BCUT2D eigenvalue weighted by molar-refractivity contribution is -0.122. The van der Waals surface area contributed by atoms with Gasteiger partial charge in [0, 0.05) is 43.0 Å². The maximum Gasteiger partial charge on any atom is 0.253 e. The quantitative estimate of drug-likeness (QED) is 0.655. The van der Waals surface area contributed by atoms with E-state index in [4.69, 9.17) is 0 Å². The van der Waals surface area contributed by atoms with Crippen LogP contribution >= 0.6 is 0 Å². The number of amides is 3. The summed E-state index contributed by atoms with van der Waals surface area (Å²) in [5.41, 5.74) is 3.26. The maximum absolute atomic E-state index is 12.9. The maximum atomic E-state index is 12.9. The second-order valence-corrected chi connectivity index (χ2v) is 8.32. The molecule has 6 nitrogen and oxygen atoms in total. The average molecular weight is 436 g/mol. The molecule has 170 valence electrons. The molecule has 1 N–H and O–H groups in total. The molecule has 2 aromatic rings. The molecule has 2 unspecified atom stereocenters. The Kier molecular flexibility index (Phi) is 7.67. The van der Waals surface area contributed by atoms with Crippen LogP contribution in [0.3, 0.4) is 0 Å². The molecule has 1 aliphatic rings. The summed E-state index contributed by atoms with van der Waals surface area (Å²) in [5, 5.41) is 2.91. The first-order chi connectivity index (χ1) is 15.4. The van der Waals surface area contributed by atoms with Crippen molar-refractivity contribution in [3.8, 4) is 0 Å². The van der Waals surface area contributed by atoms with E-state index < -0.39 is 5.92 Å². The highest BCUT2D eigenvalue weighted by Gasteiger charge is 2.36. The molecule has 1 heterocycles. The van der Waals surface area contributed by atoms with Gasteiger partial charge in [-0.15, -0.1) is 0 Å². The van der Waals surface area contributed by atoms with E-state index in [9.17, 15) is 14.4 Å². The Morgan fingerprint density at radius 2 is 1.72 bits per heavy atom. The molecule has 2 aromatic carbocycles. The predicted octanol–water partition coefficient (Wildman–Crippen LogP) is 4.67. The van der Waals surface area contributed by atoms with Gasteiger partial charge in [0.15, 0.2) is 0 Å². The smallest absolute Gasteiger partial charge is 0.253 e.